The van der Waals surface area contributed by atoms with E-state index in [-0.39, 0.29) is 0 Å². The van der Waals surface area contributed by atoms with Gasteiger partial charge in [-0.25, -0.2) is 4.98 Å². The molecular weight excluding hydrogens is 296 g/mol. The van der Waals surface area contributed by atoms with Crippen LogP contribution in [0.1, 0.15) is 24.0 Å². The van der Waals surface area contributed by atoms with Crippen molar-refractivity contribution in [3.8, 4) is 0 Å². The van der Waals surface area contributed by atoms with Gasteiger partial charge in [0.1, 0.15) is 0 Å². The Morgan fingerprint density at radius 1 is 1.19 bits per heavy atom. The molecule has 2 heterocycles. The summed E-state index contributed by atoms with van der Waals surface area (Å²) in [5.41, 5.74) is 2.81. The van der Waals surface area contributed by atoms with E-state index in [0.29, 0.717) is 4.08 Å². The number of aryl methyl sites for hydroxylation is 2. The third kappa shape index (κ3) is 4.07. The SMILES string of the molecule is Cc1ccc(CCCC2(Cn3ccnc3)SCCS2)cc1. The van der Waals surface area contributed by atoms with Crippen LogP contribution < -0.4 is 0 Å². The molecule has 21 heavy (non-hydrogen) atoms. The summed E-state index contributed by atoms with van der Waals surface area (Å²) in [4.78, 5) is 4.18. The van der Waals surface area contributed by atoms with Crippen LogP contribution in [0.15, 0.2) is 43.0 Å². The van der Waals surface area contributed by atoms with Gasteiger partial charge in [-0.15, -0.1) is 23.5 Å². The van der Waals surface area contributed by atoms with Crippen molar-refractivity contribution in [1.82, 2.24) is 9.55 Å². The van der Waals surface area contributed by atoms with Gasteiger partial charge in [-0.2, -0.15) is 0 Å². The van der Waals surface area contributed by atoms with E-state index in [0.717, 1.165) is 6.54 Å². The molecule has 0 spiro atoms. The average molecular weight is 319 g/mol. The van der Waals surface area contributed by atoms with Gasteiger partial charge in [0.25, 0.3) is 0 Å². The van der Waals surface area contributed by atoms with Gasteiger partial charge in [-0.3, -0.25) is 0 Å². The van der Waals surface area contributed by atoms with Crippen molar-refractivity contribution in [2.24, 2.45) is 0 Å². The van der Waals surface area contributed by atoms with Crippen molar-refractivity contribution >= 4 is 23.5 Å². The van der Waals surface area contributed by atoms with Crippen LogP contribution in [0.2, 0.25) is 0 Å². The highest BCUT2D eigenvalue weighted by Gasteiger charge is 2.35. The first-order chi connectivity index (χ1) is 10.3. The molecule has 1 aliphatic heterocycles. The fraction of sp³-hybridized carbons (Fsp3) is 0.471. The first-order valence-corrected chi connectivity index (χ1v) is 9.52. The minimum Gasteiger partial charge on any atom is -0.335 e. The van der Waals surface area contributed by atoms with E-state index in [1.807, 2.05) is 12.5 Å². The third-order valence-electron chi connectivity index (χ3n) is 3.94. The zero-order chi connectivity index (χ0) is 14.5. The third-order valence-corrected chi connectivity index (χ3v) is 7.44. The highest BCUT2D eigenvalue weighted by Crippen LogP contribution is 2.48. The molecule has 4 heteroatoms. The molecule has 0 unspecified atom stereocenters. The Morgan fingerprint density at radius 3 is 2.62 bits per heavy atom. The fourth-order valence-corrected chi connectivity index (χ4v) is 6.09. The Bertz CT molecular complexity index is 543. The molecule has 1 saturated heterocycles. The maximum atomic E-state index is 4.18. The summed E-state index contributed by atoms with van der Waals surface area (Å²) in [6.45, 7) is 3.23. The van der Waals surface area contributed by atoms with Crippen LogP contribution >= 0.6 is 23.5 Å². The maximum Gasteiger partial charge on any atom is 0.0946 e. The fourth-order valence-electron chi connectivity index (χ4n) is 2.79. The first kappa shape index (κ1) is 15.0. The second kappa shape index (κ2) is 6.93. The molecule has 112 valence electrons. The highest BCUT2D eigenvalue weighted by atomic mass is 32.2. The summed E-state index contributed by atoms with van der Waals surface area (Å²) >= 11 is 4.28. The van der Waals surface area contributed by atoms with Crippen molar-refractivity contribution in [1.29, 1.82) is 0 Å². The minimum atomic E-state index is 0.353. The molecule has 0 amide bonds. The zero-order valence-electron chi connectivity index (χ0n) is 12.5. The molecule has 0 radical (unpaired) electrons. The Labute approximate surface area is 135 Å². The summed E-state index contributed by atoms with van der Waals surface area (Å²) in [5, 5.41) is 0. The van der Waals surface area contributed by atoms with Crippen LogP contribution in [-0.2, 0) is 13.0 Å². The lowest BCUT2D eigenvalue weighted by molar-refractivity contribution is 0.572. The van der Waals surface area contributed by atoms with Gasteiger partial charge in [0.2, 0.25) is 0 Å². The van der Waals surface area contributed by atoms with Gasteiger partial charge in [0, 0.05) is 30.4 Å². The van der Waals surface area contributed by atoms with Crippen LogP contribution in [0.25, 0.3) is 0 Å². The summed E-state index contributed by atoms with van der Waals surface area (Å²) in [7, 11) is 0. The molecule has 2 nitrogen and oxygen atoms in total. The molecule has 2 aromatic rings. The second-order valence-corrected chi connectivity index (χ2v) is 8.90. The molecule has 0 bridgehead atoms. The number of rotatable bonds is 6. The van der Waals surface area contributed by atoms with Gasteiger partial charge < -0.3 is 4.57 Å². The number of nitrogens with zero attached hydrogens (tertiary/aromatic N) is 2. The lowest BCUT2D eigenvalue weighted by Gasteiger charge is -2.27. The molecule has 1 aliphatic rings. The molecule has 1 aromatic carbocycles. The number of hydrogen-bond donors (Lipinski definition) is 0. The Kier molecular flexibility index (Phi) is 4.96. The smallest absolute Gasteiger partial charge is 0.0946 e. The van der Waals surface area contributed by atoms with Crippen molar-refractivity contribution in [3.63, 3.8) is 0 Å². The lowest BCUT2D eigenvalue weighted by atomic mass is 10.1. The number of aromatic nitrogens is 2. The second-order valence-electron chi connectivity index (χ2n) is 5.68. The summed E-state index contributed by atoms with van der Waals surface area (Å²) in [5.74, 6) is 2.56. The molecule has 0 aliphatic carbocycles. The van der Waals surface area contributed by atoms with Crippen molar-refractivity contribution in [3.05, 3.63) is 54.1 Å². The van der Waals surface area contributed by atoms with Crippen LogP contribution in [0.5, 0.6) is 0 Å². The van der Waals surface area contributed by atoms with Crippen LogP contribution in [0.4, 0.5) is 0 Å². The predicted octanol–water partition coefficient (Wildman–Crippen LogP) is 4.39. The van der Waals surface area contributed by atoms with E-state index in [9.17, 15) is 0 Å². The molecule has 0 N–H and O–H groups in total. The number of imidazole rings is 1. The Balaban J connectivity index is 1.56. The first-order valence-electron chi connectivity index (χ1n) is 7.55. The predicted molar refractivity (Wildman–Crippen MR) is 94.0 cm³/mol. The largest absolute Gasteiger partial charge is 0.335 e. The van der Waals surface area contributed by atoms with Crippen molar-refractivity contribution < 1.29 is 0 Å². The Morgan fingerprint density at radius 2 is 1.95 bits per heavy atom. The summed E-state index contributed by atoms with van der Waals surface area (Å²) < 4.78 is 2.59. The standard InChI is InChI=1S/C17H22N2S2/c1-15-4-6-16(7-5-15)3-2-8-17(20-11-12-21-17)13-19-10-9-18-14-19/h4-7,9-10,14H,2-3,8,11-13H2,1H3. The topological polar surface area (TPSA) is 17.8 Å². The lowest BCUT2D eigenvalue weighted by Crippen LogP contribution is -2.24. The van der Waals surface area contributed by atoms with Crippen LogP contribution in [0.3, 0.4) is 0 Å². The van der Waals surface area contributed by atoms with E-state index < -0.39 is 0 Å². The van der Waals surface area contributed by atoms with Crippen molar-refractivity contribution in [2.45, 2.75) is 36.8 Å². The molecular formula is C17H22N2S2. The zero-order valence-corrected chi connectivity index (χ0v) is 14.1. The molecule has 1 aromatic heterocycles. The summed E-state index contributed by atoms with van der Waals surface area (Å²) in [6, 6.07) is 8.98. The quantitative estimate of drug-likeness (QED) is 0.786. The van der Waals surface area contributed by atoms with E-state index in [2.05, 4.69) is 70.5 Å². The Hall–Kier alpha value is -0.870. The number of thioether (sulfide) groups is 2. The van der Waals surface area contributed by atoms with Gasteiger partial charge in [0.15, 0.2) is 0 Å². The number of hydrogen-bond acceptors (Lipinski definition) is 3. The van der Waals surface area contributed by atoms with Crippen LogP contribution in [-0.4, -0.2) is 25.1 Å². The number of benzene rings is 1. The van der Waals surface area contributed by atoms with Crippen LogP contribution in [0, 0.1) is 6.92 Å². The minimum absolute atomic E-state index is 0.353. The maximum absolute atomic E-state index is 4.18. The summed E-state index contributed by atoms with van der Waals surface area (Å²) in [6.07, 6.45) is 9.63. The van der Waals surface area contributed by atoms with Crippen molar-refractivity contribution in [2.75, 3.05) is 11.5 Å². The van der Waals surface area contributed by atoms with E-state index in [1.54, 1.807) is 0 Å². The molecule has 0 atom stereocenters. The molecule has 0 saturated carbocycles. The van der Waals surface area contributed by atoms with Gasteiger partial charge in [-0.1, -0.05) is 29.8 Å². The van der Waals surface area contributed by atoms with Gasteiger partial charge >= 0.3 is 0 Å². The van der Waals surface area contributed by atoms with E-state index >= 15 is 0 Å². The normalized spacial score (nSPS) is 17.2. The monoisotopic (exact) mass is 318 g/mol. The van der Waals surface area contributed by atoms with E-state index in [4.69, 9.17) is 0 Å². The van der Waals surface area contributed by atoms with Gasteiger partial charge in [0.05, 0.1) is 10.4 Å². The highest BCUT2D eigenvalue weighted by molar-refractivity contribution is 8.21. The van der Waals surface area contributed by atoms with Gasteiger partial charge in [-0.05, 0) is 31.7 Å². The molecule has 1 fully saturated rings. The average Bonchev–Trinajstić information content (AvgIpc) is 3.14. The van der Waals surface area contributed by atoms with E-state index in [1.165, 1.54) is 41.9 Å². The molecule has 3 rings (SSSR count).